The van der Waals surface area contributed by atoms with Crippen molar-refractivity contribution in [2.75, 3.05) is 18.2 Å². The normalized spacial score (nSPS) is 10.3. The van der Waals surface area contributed by atoms with Crippen molar-refractivity contribution in [3.63, 3.8) is 0 Å². The molecule has 1 aromatic carbocycles. The van der Waals surface area contributed by atoms with E-state index in [1.807, 2.05) is 39.0 Å². The minimum Gasteiger partial charge on any atom is -0.496 e. The molecule has 4 nitrogen and oxygen atoms in total. The molecular weight excluding hydrogens is 238 g/mol. The van der Waals surface area contributed by atoms with Crippen LogP contribution >= 0.6 is 0 Å². The molecule has 0 atom stereocenters. The summed E-state index contributed by atoms with van der Waals surface area (Å²) in [4.78, 5) is 4.41. The number of nitrogen functional groups attached to an aromatic ring is 1. The summed E-state index contributed by atoms with van der Waals surface area (Å²) >= 11 is 0. The van der Waals surface area contributed by atoms with Gasteiger partial charge in [-0.25, -0.2) is 4.98 Å². The van der Waals surface area contributed by atoms with Gasteiger partial charge in [0.05, 0.1) is 18.5 Å². The summed E-state index contributed by atoms with van der Waals surface area (Å²) in [5, 5.41) is 3.31. The van der Waals surface area contributed by atoms with Crippen LogP contribution in [0.1, 0.15) is 16.8 Å². The number of anilines is 3. The van der Waals surface area contributed by atoms with E-state index in [0.29, 0.717) is 5.69 Å². The quantitative estimate of drug-likeness (QED) is 0.885. The monoisotopic (exact) mass is 257 g/mol. The number of aryl methyl sites for hydroxylation is 3. The van der Waals surface area contributed by atoms with Crippen molar-refractivity contribution >= 4 is 17.2 Å². The topological polar surface area (TPSA) is 60.2 Å². The fraction of sp³-hybridized carbons (Fsp3) is 0.267. The van der Waals surface area contributed by atoms with Crippen LogP contribution in [0.3, 0.4) is 0 Å². The highest BCUT2D eigenvalue weighted by atomic mass is 16.5. The Labute approximate surface area is 113 Å². The van der Waals surface area contributed by atoms with E-state index in [0.717, 1.165) is 34.1 Å². The van der Waals surface area contributed by atoms with Gasteiger partial charge in [0.15, 0.2) is 0 Å². The Bertz CT molecular complexity index is 609. The Kier molecular flexibility index (Phi) is 3.60. The minimum atomic E-state index is 0.702. The van der Waals surface area contributed by atoms with E-state index in [9.17, 15) is 0 Å². The lowest BCUT2D eigenvalue weighted by atomic mass is 10.1. The maximum Gasteiger partial charge on any atom is 0.130 e. The van der Waals surface area contributed by atoms with E-state index in [-0.39, 0.29) is 0 Å². The number of methoxy groups -OCH3 is 1. The van der Waals surface area contributed by atoms with Gasteiger partial charge in [-0.05, 0) is 56.2 Å². The zero-order valence-electron chi connectivity index (χ0n) is 11.7. The second kappa shape index (κ2) is 5.18. The molecule has 4 heteroatoms. The second-order valence-corrected chi connectivity index (χ2v) is 4.63. The summed E-state index contributed by atoms with van der Waals surface area (Å²) in [5.41, 5.74) is 10.5. The van der Waals surface area contributed by atoms with Crippen molar-refractivity contribution in [3.8, 4) is 5.75 Å². The van der Waals surface area contributed by atoms with Crippen molar-refractivity contribution in [2.24, 2.45) is 0 Å². The number of nitrogens with two attached hydrogens (primary N) is 1. The van der Waals surface area contributed by atoms with E-state index < -0.39 is 0 Å². The van der Waals surface area contributed by atoms with Crippen molar-refractivity contribution in [3.05, 3.63) is 41.1 Å². The maximum atomic E-state index is 5.77. The van der Waals surface area contributed by atoms with Crippen LogP contribution in [-0.2, 0) is 0 Å². The molecule has 0 amide bonds. The van der Waals surface area contributed by atoms with Crippen molar-refractivity contribution in [1.29, 1.82) is 0 Å². The van der Waals surface area contributed by atoms with Crippen molar-refractivity contribution in [2.45, 2.75) is 20.8 Å². The predicted molar refractivity (Wildman–Crippen MR) is 79.1 cm³/mol. The molecule has 0 fully saturated rings. The van der Waals surface area contributed by atoms with Crippen LogP contribution in [0.4, 0.5) is 17.2 Å². The summed E-state index contributed by atoms with van der Waals surface area (Å²) in [5.74, 6) is 1.68. The first-order valence-corrected chi connectivity index (χ1v) is 6.16. The summed E-state index contributed by atoms with van der Waals surface area (Å²) in [6.07, 6.45) is 0. The predicted octanol–water partition coefficient (Wildman–Crippen LogP) is 3.34. The molecule has 0 unspecified atom stereocenters. The first-order valence-electron chi connectivity index (χ1n) is 6.16. The average molecular weight is 257 g/mol. The summed E-state index contributed by atoms with van der Waals surface area (Å²) in [7, 11) is 1.68. The molecule has 2 rings (SSSR count). The zero-order chi connectivity index (χ0) is 14.0. The molecule has 0 aliphatic carbocycles. The van der Waals surface area contributed by atoms with Crippen LogP contribution in [0.2, 0.25) is 0 Å². The fourth-order valence-corrected chi connectivity index (χ4v) is 1.92. The van der Waals surface area contributed by atoms with E-state index in [2.05, 4.69) is 16.4 Å². The number of pyridine rings is 1. The molecule has 0 bridgehead atoms. The van der Waals surface area contributed by atoms with E-state index >= 15 is 0 Å². The molecular formula is C15H19N3O. The first kappa shape index (κ1) is 13.2. The summed E-state index contributed by atoms with van der Waals surface area (Å²) in [6.45, 7) is 5.95. The number of hydrogen-bond donors (Lipinski definition) is 2. The van der Waals surface area contributed by atoms with E-state index in [4.69, 9.17) is 10.5 Å². The molecule has 0 saturated carbocycles. The maximum absolute atomic E-state index is 5.77. The highest BCUT2D eigenvalue weighted by Crippen LogP contribution is 2.28. The lowest BCUT2D eigenvalue weighted by molar-refractivity contribution is 0.411. The third-order valence-corrected chi connectivity index (χ3v) is 3.13. The van der Waals surface area contributed by atoms with Gasteiger partial charge in [0.2, 0.25) is 0 Å². The Balaban J connectivity index is 2.32. The van der Waals surface area contributed by atoms with E-state index in [1.54, 1.807) is 7.11 Å². The van der Waals surface area contributed by atoms with Crippen LogP contribution in [0.5, 0.6) is 5.75 Å². The van der Waals surface area contributed by atoms with Gasteiger partial charge in [-0.2, -0.15) is 0 Å². The number of aromatic nitrogens is 1. The Morgan fingerprint density at radius 1 is 1.11 bits per heavy atom. The summed E-state index contributed by atoms with van der Waals surface area (Å²) in [6, 6.07) is 7.81. The van der Waals surface area contributed by atoms with Gasteiger partial charge in [-0.15, -0.1) is 0 Å². The third-order valence-electron chi connectivity index (χ3n) is 3.13. The van der Waals surface area contributed by atoms with Gasteiger partial charge >= 0.3 is 0 Å². The average Bonchev–Trinajstić information content (AvgIpc) is 2.38. The molecule has 1 aromatic heterocycles. The smallest absolute Gasteiger partial charge is 0.130 e. The molecule has 19 heavy (non-hydrogen) atoms. The molecule has 0 spiro atoms. The molecule has 0 saturated heterocycles. The fourth-order valence-electron chi connectivity index (χ4n) is 1.92. The third kappa shape index (κ3) is 2.78. The molecule has 0 radical (unpaired) electrons. The van der Waals surface area contributed by atoms with Gasteiger partial charge in [0, 0.05) is 5.69 Å². The SMILES string of the molecule is COc1cc(C)c(Nc2ccc(N)c(C)n2)cc1C. The van der Waals surface area contributed by atoms with Gasteiger partial charge in [0.25, 0.3) is 0 Å². The molecule has 0 aliphatic rings. The summed E-state index contributed by atoms with van der Waals surface area (Å²) < 4.78 is 5.31. The van der Waals surface area contributed by atoms with Gasteiger partial charge < -0.3 is 15.8 Å². The largest absolute Gasteiger partial charge is 0.496 e. The van der Waals surface area contributed by atoms with Gasteiger partial charge in [-0.1, -0.05) is 0 Å². The van der Waals surface area contributed by atoms with Crippen LogP contribution in [0, 0.1) is 20.8 Å². The van der Waals surface area contributed by atoms with Crippen LogP contribution < -0.4 is 15.8 Å². The number of nitrogens with one attached hydrogen (secondary N) is 1. The molecule has 2 aromatic rings. The number of benzene rings is 1. The number of rotatable bonds is 3. The minimum absolute atomic E-state index is 0.702. The zero-order valence-corrected chi connectivity index (χ0v) is 11.7. The Hall–Kier alpha value is -2.23. The number of hydrogen-bond acceptors (Lipinski definition) is 4. The van der Waals surface area contributed by atoms with Gasteiger partial charge in [-0.3, -0.25) is 0 Å². The lowest BCUT2D eigenvalue weighted by Crippen LogP contribution is -2.00. The van der Waals surface area contributed by atoms with Gasteiger partial charge in [0.1, 0.15) is 11.6 Å². The molecule has 3 N–H and O–H groups in total. The standard InChI is InChI=1S/C15H19N3O/c1-9-8-14(19-4)10(2)7-13(9)18-15-6-5-12(16)11(3)17-15/h5-8H,16H2,1-4H3,(H,17,18). The van der Waals surface area contributed by atoms with Crippen LogP contribution in [-0.4, -0.2) is 12.1 Å². The Morgan fingerprint density at radius 3 is 2.47 bits per heavy atom. The second-order valence-electron chi connectivity index (χ2n) is 4.63. The Morgan fingerprint density at radius 2 is 1.84 bits per heavy atom. The van der Waals surface area contributed by atoms with Crippen LogP contribution in [0.15, 0.2) is 24.3 Å². The molecule has 0 aliphatic heterocycles. The highest BCUT2D eigenvalue weighted by molar-refractivity contribution is 5.64. The van der Waals surface area contributed by atoms with Crippen molar-refractivity contribution < 1.29 is 4.74 Å². The van der Waals surface area contributed by atoms with Crippen LogP contribution in [0.25, 0.3) is 0 Å². The van der Waals surface area contributed by atoms with E-state index in [1.165, 1.54) is 0 Å². The molecule has 100 valence electrons. The first-order chi connectivity index (χ1) is 9.01. The lowest BCUT2D eigenvalue weighted by Gasteiger charge is -2.13. The number of nitrogens with zero attached hydrogens (tertiary/aromatic N) is 1. The number of ether oxygens (including phenoxy) is 1. The molecule has 1 heterocycles. The van der Waals surface area contributed by atoms with Crippen molar-refractivity contribution in [1.82, 2.24) is 4.98 Å². The highest BCUT2D eigenvalue weighted by Gasteiger charge is 2.06.